The van der Waals surface area contributed by atoms with Gasteiger partial charge in [-0.3, -0.25) is 4.40 Å². The molecule has 1 aliphatic rings. The first-order chi connectivity index (χ1) is 13.5. The monoisotopic (exact) mass is 375 g/mol. The van der Waals surface area contributed by atoms with Gasteiger partial charge in [0.05, 0.1) is 28.5 Å². The van der Waals surface area contributed by atoms with E-state index in [-0.39, 0.29) is 0 Å². The summed E-state index contributed by atoms with van der Waals surface area (Å²) in [5.41, 5.74) is 4.97. The van der Waals surface area contributed by atoms with Gasteiger partial charge in [0, 0.05) is 24.2 Å². The molecule has 1 aliphatic heterocycles. The zero-order valence-corrected chi connectivity index (χ0v) is 16.2. The number of aromatic nitrogens is 4. The maximum atomic E-state index is 10.3. The Labute approximate surface area is 163 Å². The topological polar surface area (TPSA) is 78.2 Å². The van der Waals surface area contributed by atoms with Crippen LogP contribution in [0.4, 0.5) is 0 Å². The molecule has 0 bridgehead atoms. The summed E-state index contributed by atoms with van der Waals surface area (Å²) in [5.74, 6) is 1.47. The second-order valence-electron chi connectivity index (χ2n) is 8.19. The summed E-state index contributed by atoms with van der Waals surface area (Å²) in [7, 11) is 0. The molecule has 0 radical (unpaired) electrons. The van der Waals surface area contributed by atoms with Crippen LogP contribution in [0.25, 0.3) is 27.9 Å². The molecule has 0 spiro atoms. The van der Waals surface area contributed by atoms with Crippen LogP contribution in [0.5, 0.6) is 0 Å². The molecule has 1 saturated heterocycles. The SMILES string of the molecule is CC(C)(O)c1ccc(-c2nc([C@@H]3CCCNC3)n3c2cnc2[nH]ccc23)cc1. The molecule has 4 aromatic rings. The van der Waals surface area contributed by atoms with Gasteiger partial charge in [-0.05, 0) is 44.9 Å². The van der Waals surface area contributed by atoms with E-state index in [0.29, 0.717) is 5.92 Å². The summed E-state index contributed by atoms with van der Waals surface area (Å²) in [6.45, 7) is 5.63. The molecule has 5 rings (SSSR count). The van der Waals surface area contributed by atoms with E-state index in [2.05, 4.69) is 25.8 Å². The lowest BCUT2D eigenvalue weighted by Crippen LogP contribution is -2.29. The van der Waals surface area contributed by atoms with Crippen molar-refractivity contribution in [2.24, 2.45) is 0 Å². The van der Waals surface area contributed by atoms with Gasteiger partial charge >= 0.3 is 0 Å². The number of H-pyrrole nitrogens is 1. The standard InChI is InChI=1S/C22H25N5O/c1-22(2,28)16-7-5-14(6-8-16)19-18-13-25-20-17(9-11-24-20)27(18)21(26-19)15-4-3-10-23-12-15/h5-9,11,13,15,23-24,28H,3-4,10,12H2,1-2H3/t15-/m1/s1. The van der Waals surface area contributed by atoms with Crippen molar-refractivity contribution >= 4 is 16.7 Å². The minimum absolute atomic E-state index is 0.381. The quantitative estimate of drug-likeness (QED) is 0.511. The van der Waals surface area contributed by atoms with Crippen molar-refractivity contribution in [3.05, 3.63) is 54.1 Å². The smallest absolute Gasteiger partial charge is 0.154 e. The Morgan fingerprint density at radius 2 is 1.96 bits per heavy atom. The number of rotatable bonds is 3. The van der Waals surface area contributed by atoms with Crippen LogP contribution >= 0.6 is 0 Å². The van der Waals surface area contributed by atoms with Crippen LogP contribution in [0.2, 0.25) is 0 Å². The molecule has 1 atom stereocenters. The Morgan fingerprint density at radius 1 is 1.14 bits per heavy atom. The Bertz CT molecular complexity index is 1130. The van der Waals surface area contributed by atoms with E-state index in [9.17, 15) is 5.11 Å². The number of imidazole rings is 1. The zero-order valence-electron chi connectivity index (χ0n) is 16.2. The molecule has 0 aliphatic carbocycles. The van der Waals surface area contributed by atoms with Crippen molar-refractivity contribution < 1.29 is 5.11 Å². The lowest BCUT2D eigenvalue weighted by Gasteiger charge is -2.21. The number of hydrogen-bond donors (Lipinski definition) is 3. The van der Waals surface area contributed by atoms with Crippen molar-refractivity contribution in [3.63, 3.8) is 0 Å². The Hall–Kier alpha value is -2.70. The van der Waals surface area contributed by atoms with Crippen molar-refractivity contribution in [2.75, 3.05) is 13.1 Å². The van der Waals surface area contributed by atoms with E-state index in [1.165, 1.54) is 0 Å². The van der Waals surface area contributed by atoms with Gasteiger partial charge in [-0.25, -0.2) is 9.97 Å². The third kappa shape index (κ3) is 2.80. The number of aromatic amines is 1. The largest absolute Gasteiger partial charge is 0.386 e. The van der Waals surface area contributed by atoms with Crippen molar-refractivity contribution in [3.8, 4) is 11.3 Å². The summed E-state index contributed by atoms with van der Waals surface area (Å²) in [6.07, 6.45) is 6.14. The molecule has 3 aromatic heterocycles. The Balaban J connectivity index is 1.71. The molecule has 0 unspecified atom stereocenters. The average molecular weight is 375 g/mol. The lowest BCUT2D eigenvalue weighted by atomic mass is 9.96. The van der Waals surface area contributed by atoms with Crippen LogP contribution in [0.1, 0.15) is 44.0 Å². The molecule has 6 heteroatoms. The summed E-state index contributed by atoms with van der Waals surface area (Å²) < 4.78 is 2.26. The predicted molar refractivity (Wildman–Crippen MR) is 110 cm³/mol. The third-order valence-corrected chi connectivity index (χ3v) is 5.73. The number of piperidine rings is 1. The third-order valence-electron chi connectivity index (χ3n) is 5.73. The number of hydrogen-bond acceptors (Lipinski definition) is 4. The number of fused-ring (bicyclic) bond motifs is 3. The molecular weight excluding hydrogens is 350 g/mol. The second-order valence-corrected chi connectivity index (χ2v) is 8.19. The van der Waals surface area contributed by atoms with Gasteiger partial charge in [-0.1, -0.05) is 24.3 Å². The lowest BCUT2D eigenvalue weighted by molar-refractivity contribution is 0.0786. The molecule has 6 nitrogen and oxygen atoms in total. The number of nitrogens with one attached hydrogen (secondary N) is 2. The molecule has 4 heterocycles. The van der Waals surface area contributed by atoms with E-state index in [0.717, 1.165) is 65.3 Å². The van der Waals surface area contributed by atoms with E-state index < -0.39 is 5.60 Å². The molecule has 0 amide bonds. The zero-order chi connectivity index (χ0) is 19.3. The number of benzene rings is 1. The van der Waals surface area contributed by atoms with Crippen molar-refractivity contribution in [1.29, 1.82) is 0 Å². The fraction of sp³-hybridized carbons (Fsp3) is 0.364. The predicted octanol–water partition coefficient (Wildman–Crippen LogP) is 3.57. The van der Waals surface area contributed by atoms with Gasteiger partial charge < -0.3 is 15.4 Å². The highest BCUT2D eigenvalue weighted by molar-refractivity contribution is 5.84. The summed E-state index contributed by atoms with van der Waals surface area (Å²) in [5, 5.41) is 13.8. The fourth-order valence-electron chi connectivity index (χ4n) is 4.18. The van der Waals surface area contributed by atoms with Gasteiger partial charge in [0.2, 0.25) is 0 Å². The van der Waals surface area contributed by atoms with Crippen molar-refractivity contribution in [2.45, 2.75) is 38.2 Å². The van der Waals surface area contributed by atoms with Crippen molar-refractivity contribution in [1.82, 2.24) is 24.7 Å². The van der Waals surface area contributed by atoms with Gasteiger partial charge in [0.25, 0.3) is 0 Å². The van der Waals surface area contributed by atoms with Crippen LogP contribution in [-0.2, 0) is 5.60 Å². The van der Waals surface area contributed by atoms with E-state index in [4.69, 9.17) is 4.98 Å². The minimum atomic E-state index is -0.855. The maximum Gasteiger partial charge on any atom is 0.154 e. The van der Waals surface area contributed by atoms with Gasteiger partial charge in [0.15, 0.2) is 5.65 Å². The highest BCUT2D eigenvalue weighted by atomic mass is 16.3. The van der Waals surface area contributed by atoms with Crippen LogP contribution < -0.4 is 5.32 Å². The first kappa shape index (κ1) is 17.4. The minimum Gasteiger partial charge on any atom is -0.386 e. The summed E-state index contributed by atoms with van der Waals surface area (Å²) in [6, 6.07) is 10.1. The molecule has 1 aromatic carbocycles. The van der Waals surface area contributed by atoms with Crippen LogP contribution in [0.3, 0.4) is 0 Å². The Kier molecular flexibility index (Phi) is 4.00. The molecule has 28 heavy (non-hydrogen) atoms. The Morgan fingerprint density at radius 3 is 2.68 bits per heavy atom. The van der Waals surface area contributed by atoms with E-state index in [1.54, 1.807) is 13.8 Å². The molecular formula is C22H25N5O. The first-order valence-electron chi connectivity index (χ1n) is 9.91. The number of nitrogens with zero attached hydrogens (tertiary/aromatic N) is 3. The maximum absolute atomic E-state index is 10.3. The van der Waals surface area contributed by atoms with Gasteiger partial charge in [0.1, 0.15) is 5.82 Å². The number of aliphatic hydroxyl groups is 1. The highest BCUT2D eigenvalue weighted by Crippen LogP contribution is 2.33. The normalized spacial score (nSPS) is 18.2. The second kappa shape index (κ2) is 6.43. The van der Waals surface area contributed by atoms with Crippen LogP contribution in [0.15, 0.2) is 42.7 Å². The summed E-state index contributed by atoms with van der Waals surface area (Å²) >= 11 is 0. The van der Waals surface area contributed by atoms with E-state index in [1.807, 2.05) is 36.7 Å². The molecule has 3 N–H and O–H groups in total. The van der Waals surface area contributed by atoms with Gasteiger partial charge in [-0.2, -0.15) is 0 Å². The molecule has 1 fully saturated rings. The van der Waals surface area contributed by atoms with Crippen LogP contribution in [0, 0.1) is 0 Å². The van der Waals surface area contributed by atoms with E-state index >= 15 is 0 Å². The highest BCUT2D eigenvalue weighted by Gasteiger charge is 2.24. The fourth-order valence-corrected chi connectivity index (χ4v) is 4.18. The average Bonchev–Trinajstić information content (AvgIpc) is 3.32. The summed E-state index contributed by atoms with van der Waals surface area (Å²) in [4.78, 5) is 12.9. The molecule has 144 valence electrons. The first-order valence-corrected chi connectivity index (χ1v) is 9.91. The van der Waals surface area contributed by atoms with Crippen LogP contribution in [-0.4, -0.2) is 37.5 Å². The molecule has 0 saturated carbocycles. The van der Waals surface area contributed by atoms with Gasteiger partial charge in [-0.15, -0.1) is 0 Å².